The molecule has 94 valence electrons. The van der Waals surface area contributed by atoms with Gasteiger partial charge in [-0.1, -0.05) is 18.2 Å². The fraction of sp³-hybridized carbons (Fsp3) is 0.250. The molecule has 2 aromatic carbocycles. The molecule has 0 bridgehead atoms. The van der Waals surface area contributed by atoms with Crippen LogP contribution in [0.5, 0.6) is 0 Å². The molecule has 2 aromatic rings. The number of aryl methyl sites for hydroxylation is 3. The van der Waals surface area contributed by atoms with Crippen molar-refractivity contribution in [1.82, 2.24) is 0 Å². The summed E-state index contributed by atoms with van der Waals surface area (Å²) >= 11 is 1.91. The topological polar surface area (TPSA) is 26.0 Å². The molecule has 2 rings (SSSR count). The first-order chi connectivity index (χ1) is 8.65. The van der Waals surface area contributed by atoms with Crippen LogP contribution in [0.3, 0.4) is 0 Å². The minimum atomic E-state index is 0.834. The number of thioether (sulfide) groups is 1. The molecule has 0 aromatic heterocycles. The van der Waals surface area contributed by atoms with E-state index in [9.17, 15) is 0 Å². The van der Waals surface area contributed by atoms with Crippen molar-refractivity contribution in [3.63, 3.8) is 0 Å². The maximum absolute atomic E-state index is 5.67. The highest BCUT2D eigenvalue weighted by Gasteiger charge is 1.98. The van der Waals surface area contributed by atoms with Crippen LogP contribution in [0.25, 0.3) is 0 Å². The standard InChI is InChI=1S/C16H19NS/c1-12-3-8-16(11-13(12)2)18-10-9-14-4-6-15(17)7-5-14/h3-8,11H,9-10,17H2,1-2H3. The Balaban J connectivity index is 1.88. The Labute approximate surface area is 113 Å². The number of rotatable bonds is 4. The predicted molar refractivity (Wildman–Crippen MR) is 81.2 cm³/mol. The summed E-state index contributed by atoms with van der Waals surface area (Å²) in [5.74, 6) is 1.10. The summed E-state index contributed by atoms with van der Waals surface area (Å²) in [6, 6.07) is 14.8. The molecule has 0 aliphatic carbocycles. The SMILES string of the molecule is Cc1ccc(SCCc2ccc(N)cc2)cc1C. The minimum Gasteiger partial charge on any atom is -0.399 e. The van der Waals surface area contributed by atoms with Gasteiger partial charge in [0.2, 0.25) is 0 Å². The van der Waals surface area contributed by atoms with Gasteiger partial charge in [0.25, 0.3) is 0 Å². The van der Waals surface area contributed by atoms with Crippen LogP contribution >= 0.6 is 11.8 Å². The highest BCUT2D eigenvalue weighted by molar-refractivity contribution is 7.99. The van der Waals surface area contributed by atoms with Crippen LogP contribution in [0.4, 0.5) is 5.69 Å². The molecule has 0 fully saturated rings. The van der Waals surface area contributed by atoms with E-state index in [1.165, 1.54) is 21.6 Å². The zero-order valence-corrected chi connectivity index (χ0v) is 11.8. The highest BCUT2D eigenvalue weighted by atomic mass is 32.2. The third-order valence-electron chi connectivity index (χ3n) is 3.12. The molecular formula is C16H19NS. The lowest BCUT2D eigenvalue weighted by Crippen LogP contribution is -1.90. The molecule has 1 nitrogen and oxygen atoms in total. The maximum Gasteiger partial charge on any atom is 0.0314 e. The first kappa shape index (κ1) is 13.0. The molecule has 0 saturated carbocycles. The van der Waals surface area contributed by atoms with Gasteiger partial charge in [0.1, 0.15) is 0 Å². The average Bonchev–Trinajstić information content (AvgIpc) is 2.36. The highest BCUT2D eigenvalue weighted by Crippen LogP contribution is 2.22. The van der Waals surface area contributed by atoms with Crippen LogP contribution in [-0.4, -0.2) is 5.75 Å². The zero-order chi connectivity index (χ0) is 13.0. The Morgan fingerprint density at radius 2 is 1.67 bits per heavy atom. The maximum atomic E-state index is 5.67. The lowest BCUT2D eigenvalue weighted by Gasteiger charge is -2.05. The van der Waals surface area contributed by atoms with E-state index in [0.29, 0.717) is 0 Å². The van der Waals surface area contributed by atoms with E-state index < -0.39 is 0 Å². The summed E-state index contributed by atoms with van der Waals surface area (Å²) in [5, 5.41) is 0. The molecule has 0 heterocycles. The largest absolute Gasteiger partial charge is 0.399 e. The smallest absolute Gasteiger partial charge is 0.0314 e. The molecule has 0 radical (unpaired) electrons. The van der Waals surface area contributed by atoms with E-state index >= 15 is 0 Å². The summed E-state index contributed by atoms with van der Waals surface area (Å²) < 4.78 is 0. The van der Waals surface area contributed by atoms with Crippen molar-refractivity contribution >= 4 is 17.4 Å². The van der Waals surface area contributed by atoms with Gasteiger partial charge in [-0.05, 0) is 61.2 Å². The number of hydrogen-bond acceptors (Lipinski definition) is 2. The second kappa shape index (κ2) is 5.96. The van der Waals surface area contributed by atoms with Gasteiger partial charge in [0.15, 0.2) is 0 Å². The lowest BCUT2D eigenvalue weighted by atomic mass is 10.1. The Hall–Kier alpha value is -1.41. The summed E-state index contributed by atoms with van der Waals surface area (Å²) in [4.78, 5) is 1.36. The Bertz CT molecular complexity index is 517. The van der Waals surface area contributed by atoms with E-state index in [-0.39, 0.29) is 0 Å². The second-order valence-electron chi connectivity index (χ2n) is 4.59. The molecule has 0 aliphatic heterocycles. The number of nitrogen functional groups attached to an aromatic ring is 1. The number of anilines is 1. The molecule has 0 aliphatic rings. The molecule has 2 N–H and O–H groups in total. The van der Waals surface area contributed by atoms with Gasteiger partial charge >= 0.3 is 0 Å². The van der Waals surface area contributed by atoms with Gasteiger partial charge in [-0.3, -0.25) is 0 Å². The van der Waals surface area contributed by atoms with Gasteiger partial charge < -0.3 is 5.73 Å². The molecule has 0 atom stereocenters. The van der Waals surface area contributed by atoms with Crippen molar-refractivity contribution in [1.29, 1.82) is 0 Å². The van der Waals surface area contributed by atoms with Crippen molar-refractivity contribution in [3.8, 4) is 0 Å². The molecule has 18 heavy (non-hydrogen) atoms. The van der Waals surface area contributed by atoms with Crippen LogP contribution in [0.1, 0.15) is 16.7 Å². The second-order valence-corrected chi connectivity index (χ2v) is 5.75. The molecule has 0 saturated heterocycles. The molecule has 0 amide bonds. The van der Waals surface area contributed by atoms with E-state index in [4.69, 9.17) is 5.73 Å². The van der Waals surface area contributed by atoms with Crippen molar-refractivity contribution in [3.05, 3.63) is 59.2 Å². The van der Waals surface area contributed by atoms with E-state index in [0.717, 1.165) is 17.9 Å². The van der Waals surface area contributed by atoms with Gasteiger partial charge in [0.05, 0.1) is 0 Å². The third kappa shape index (κ3) is 3.54. The fourth-order valence-electron chi connectivity index (χ4n) is 1.77. The van der Waals surface area contributed by atoms with E-state index in [1.807, 2.05) is 23.9 Å². The molecule has 2 heteroatoms. The Kier molecular flexibility index (Phi) is 4.32. The zero-order valence-electron chi connectivity index (χ0n) is 10.9. The van der Waals surface area contributed by atoms with Crippen molar-refractivity contribution in [2.24, 2.45) is 0 Å². The van der Waals surface area contributed by atoms with E-state index in [2.05, 4.69) is 44.2 Å². The van der Waals surface area contributed by atoms with Crippen LogP contribution < -0.4 is 5.73 Å². The van der Waals surface area contributed by atoms with Crippen LogP contribution in [0.2, 0.25) is 0 Å². The normalized spacial score (nSPS) is 10.6. The molecule has 0 spiro atoms. The van der Waals surface area contributed by atoms with Crippen molar-refractivity contribution in [2.75, 3.05) is 11.5 Å². The summed E-state index contributed by atoms with van der Waals surface area (Å²) in [7, 11) is 0. The first-order valence-corrected chi connectivity index (χ1v) is 7.18. The summed E-state index contributed by atoms with van der Waals surface area (Å²) in [6.07, 6.45) is 1.08. The van der Waals surface area contributed by atoms with Gasteiger partial charge in [0, 0.05) is 16.3 Å². The van der Waals surface area contributed by atoms with Crippen LogP contribution in [-0.2, 0) is 6.42 Å². The summed E-state index contributed by atoms with van der Waals surface area (Å²) in [5.41, 5.74) is 10.6. The van der Waals surface area contributed by atoms with Gasteiger partial charge in [-0.15, -0.1) is 11.8 Å². The lowest BCUT2D eigenvalue weighted by molar-refractivity contribution is 1.15. The first-order valence-electron chi connectivity index (χ1n) is 6.19. The van der Waals surface area contributed by atoms with Crippen molar-refractivity contribution < 1.29 is 0 Å². The minimum absolute atomic E-state index is 0.834. The Morgan fingerprint density at radius 1 is 0.944 bits per heavy atom. The third-order valence-corrected chi connectivity index (χ3v) is 4.11. The van der Waals surface area contributed by atoms with Gasteiger partial charge in [-0.2, -0.15) is 0 Å². The monoisotopic (exact) mass is 257 g/mol. The van der Waals surface area contributed by atoms with Gasteiger partial charge in [-0.25, -0.2) is 0 Å². The number of nitrogens with two attached hydrogens (primary N) is 1. The fourth-order valence-corrected chi connectivity index (χ4v) is 2.77. The van der Waals surface area contributed by atoms with Crippen molar-refractivity contribution in [2.45, 2.75) is 25.2 Å². The predicted octanol–water partition coefficient (Wildman–Crippen LogP) is 4.22. The van der Waals surface area contributed by atoms with Crippen LogP contribution in [0.15, 0.2) is 47.4 Å². The molecule has 0 unspecified atom stereocenters. The van der Waals surface area contributed by atoms with Crippen LogP contribution in [0, 0.1) is 13.8 Å². The van der Waals surface area contributed by atoms with E-state index in [1.54, 1.807) is 0 Å². The molecular weight excluding hydrogens is 238 g/mol. The Morgan fingerprint density at radius 3 is 2.33 bits per heavy atom. The number of hydrogen-bond donors (Lipinski definition) is 1. The average molecular weight is 257 g/mol. The quantitative estimate of drug-likeness (QED) is 0.655. The number of benzene rings is 2. The summed E-state index contributed by atoms with van der Waals surface area (Å²) in [6.45, 7) is 4.32.